The molecule has 0 atom stereocenters. The second-order valence-electron chi connectivity index (χ2n) is 5.00. The number of ether oxygens (including phenoxy) is 1. The third-order valence-electron chi connectivity index (χ3n) is 3.23. The first kappa shape index (κ1) is 14.9. The van der Waals surface area contributed by atoms with Crippen LogP contribution in [0.15, 0.2) is 24.3 Å². The summed E-state index contributed by atoms with van der Waals surface area (Å²) >= 11 is 0. The number of benzene rings is 1. The summed E-state index contributed by atoms with van der Waals surface area (Å²) in [4.78, 5) is 13.7. The quantitative estimate of drug-likeness (QED) is 0.878. The van der Waals surface area contributed by atoms with Crippen LogP contribution in [0.1, 0.15) is 21.7 Å². The number of carbonyl (C=O) groups is 1. The molecular formula is C15H20N4O2. The number of aryl methyl sites for hydroxylation is 2. The summed E-state index contributed by atoms with van der Waals surface area (Å²) in [6.07, 6.45) is 0. The van der Waals surface area contributed by atoms with E-state index in [-0.39, 0.29) is 11.6 Å². The van der Waals surface area contributed by atoms with Gasteiger partial charge in [0.05, 0.1) is 17.9 Å². The van der Waals surface area contributed by atoms with Gasteiger partial charge in [0.15, 0.2) is 5.69 Å². The number of amides is 1. The Morgan fingerprint density at radius 3 is 2.81 bits per heavy atom. The van der Waals surface area contributed by atoms with Crippen molar-refractivity contribution in [1.82, 2.24) is 15.1 Å². The minimum Gasteiger partial charge on any atom is -0.492 e. The molecule has 1 aromatic heterocycles. The van der Waals surface area contributed by atoms with Crippen LogP contribution in [0.3, 0.4) is 0 Å². The average molecular weight is 288 g/mol. The molecule has 21 heavy (non-hydrogen) atoms. The summed E-state index contributed by atoms with van der Waals surface area (Å²) in [5, 5.41) is 6.64. The van der Waals surface area contributed by atoms with Gasteiger partial charge in [0, 0.05) is 7.05 Å². The second kappa shape index (κ2) is 6.30. The number of likely N-dealkylation sites (N-methyl/N-ethyl adjacent to an activating group) is 1. The molecule has 112 valence electrons. The second-order valence-corrected chi connectivity index (χ2v) is 5.00. The van der Waals surface area contributed by atoms with Crippen molar-refractivity contribution >= 4 is 11.6 Å². The summed E-state index contributed by atoms with van der Waals surface area (Å²) in [5.41, 5.74) is 8.29. The van der Waals surface area contributed by atoms with Gasteiger partial charge in [-0.15, -0.1) is 0 Å². The van der Waals surface area contributed by atoms with Crippen molar-refractivity contribution in [3.63, 3.8) is 0 Å². The molecule has 0 fully saturated rings. The van der Waals surface area contributed by atoms with E-state index < -0.39 is 0 Å². The predicted octanol–water partition coefficient (Wildman–Crippen LogP) is 1.76. The third-order valence-corrected chi connectivity index (χ3v) is 3.23. The van der Waals surface area contributed by atoms with E-state index in [1.807, 2.05) is 31.2 Å². The van der Waals surface area contributed by atoms with Gasteiger partial charge in [-0.25, -0.2) is 0 Å². The number of hydrogen-bond donors (Lipinski definition) is 2. The fourth-order valence-electron chi connectivity index (χ4n) is 1.89. The molecule has 0 aliphatic carbocycles. The van der Waals surface area contributed by atoms with Gasteiger partial charge in [-0.3, -0.25) is 9.89 Å². The number of rotatable bonds is 5. The molecule has 0 saturated heterocycles. The first-order valence-corrected chi connectivity index (χ1v) is 6.74. The van der Waals surface area contributed by atoms with Gasteiger partial charge in [0.25, 0.3) is 5.91 Å². The Morgan fingerprint density at radius 2 is 2.19 bits per heavy atom. The molecule has 2 rings (SSSR count). The van der Waals surface area contributed by atoms with E-state index in [9.17, 15) is 4.79 Å². The van der Waals surface area contributed by atoms with Gasteiger partial charge in [-0.05, 0) is 31.5 Å². The van der Waals surface area contributed by atoms with Gasteiger partial charge in [-0.2, -0.15) is 5.10 Å². The van der Waals surface area contributed by atoms with Gasteiger partial charge in [-0.1, -0.05) is 12.1 Å². The first-order valence-electron chi connectivity index (χ1n) is 6.74. The monoisotopic (exact) mass is 288 g/mol. The average Bonchev–Trinajstić information content (AvgIpc) is 2.78. The van der Waals surface area contributed by atoms with Crippen molar-refractivity contribution in [2.45, 2.75) is 13.8 Å². The fourth-order valence-corrected chi connectivity index (χ4v) is 1.89. The van der Waals surface area contributed by atoms with Gasteiger partial charge >= 0.3 is 0 Å². The number of carbonyl (C=O) groups excluding carboxylic acids is 1. The molecule has 6 nitrogen and oxygen atoms in total. The zero-order valence-electron chi connectivity index (χ0n) is 12.5. The highest BCUT2D eigenvalue weighted by molar-refractivity contribution is 5.97. The number of H-pyrrole nitrogens is 1. The number of nitrogens with two attached hydrogens (primary N) is 1. The van der Waals surface area contributed by atoms with Crippen molar-refractivity contribution in [3.8, 4) is 5.75 Å². The normalized spacial score (nSPS) is 10.4. The minimum absolute atomic E-state index is 0.218. The summed E-state index contributed by atoms with van der Waals surface area (Å²) in [6, 6.07) is 7.79. The molecule has 0 bridgehead atoms. The van der Waals surface area contributed by atoms with Crippen LogP contribution in [0.4, 0.5) is 5.69 Å². The molecule has 1 heterocycles. The maximum atomic E-state index is 12.2. The Kier molecular flexibility index (Phi) is 4.47. The van der Waals surface area contributed by atoms with Crippen LogP contribution >= 0.6 is 0 Å². The Bertz CT molecular complexity index is 636. The van der Waals surface area contributed by atoms with E-state index >= 15 is 0 Å². The number of aromatic nitrogens is 2. The third kappa shape index (κ3) is 3.53. The van der Waals surface area contributed by atoms with Crippen molar-refractivity contribution < 1.29 is 9.53 Å². The Hall–Kier alpha value is -2.50. The Balaban J connectivity index is 1.88. The van der Waals surface area contributed by atoms with Crippen molar-refractivity contribution in [2.24, 2.45) is 0 Å². The lowest BCUT2D eigenvalue weighted by Gasteiger charge is -2.16. The molecule has 0 radical (unpaired) electrons. The highest BCUT2D eigenvalue weighted by Gasteiger charge is 2.19. The maximum Gasteiger partial charge on any atom is 0.276 e. The topological polar surface area (TPSA) is 84.2 Å². The standard InChI is InChI=1S/C15H20N4O2/c1-10-5-4-6-12(9-10)21-8-7-19(3)15(20)14-13(16)11(2)17-18-14/h4-6,9H,7-8,16H2,1-3H3,(H,17,18). The highest BCUT2D eigenvalue weighted by atomic mass is 16.5. The van der Waals surface area contributed by atoms with E-state index in [0.29, 0.717) is 24.5 Å². The van der Waals surface area contributed by atoms with Gasteiger partial charge < -0.3 is 15.4 Å². The zero-order valence-corrected chi connectivity index (χ0v) is 12.5. The van der Waals surface area contributed by atoms with Crippen LogP contribution in [-0.4, -0.2) is 41.2 Å². The first-order chi connectivity index (χ1) is 9.99. The van der Waals surface area contributed by atoms with Gasteiger partial charge in [0.2, 0.25) is 0 Å². The zero-order chi connectivity index (χ0) is 15.4. The molecule has 3 N–H and O–H groups in total. The smallest absolute Gasteiger partial charge is 0.276 e. The number of anilines is 1. The maximum absolute atomic E-state index is 12.2. The predicted molar refractivity (Wildman–Crippen MR) is 81.4 cm³/mol. The molecule has 1 amide bonds. The lowest BCUT2D eigenvalue weighted by Crippen LogP contribution is -2.31. The van der Waals surface area contributed by atoms with E-state index in [1.165, 1.54) is 0 Å². The van der Waals surface area contributed by atoms with Crippen LogP contribution in [0, 0.1) is 13.8 Å². The molecule has 2 aromatic rings. The molecule has 0 unspecified atom stereocenters. The molecule has 0 aliphatic heterocycles. The van der Waals surface area contributed by atoms with Crippen LogP contribution in [0.25, 0.3) is 0 Å². The largest absolute Gasteiger partial charge is 0.492 e. The summed E-state index contributed by atoms with van der Waals surface area (Å²) in [6.45, 7) is 4.65. The molecule has 6 heteroatoms. The highest BCUT2D eigenvalue weighted by Crippen LogP contribution is 2.15. The van der Waals surface area contributed by atoms with Gasteiger partial charge in [0.1, 0.15) is 12.4 Å². The van der Waals surface area contributed by atoms with Crippen molar-refractivity contribution in [3.05, 3.63) is 41.2 Å². The summed E-state index contributed by atoms with van der Waals surface area (Å²) < 4.78 is 5.63. The number of nitrogens with one attached hydrogen (secondary N) is 1. The van der Waals surface area contributed by atoms with E-state index in [2.05, 4.69) is 10.2 Å². The number of aromatic amines is 1. The Morgan fingerprint density at radius 1 is 1.43 bits per heavy atom. The molecule has 0 spiro atoms. The number of nitrogen functional groups attached to an aromatic ring is 1. The lowest BCUT2D eigenvalue weighted by molar-refractivity contribution is 0.0769. The molecular weight excluding hydrogens is 268 g/mol. The minimum atomic E-state index is -0.218. The van der Waals surface area contributed by atoms with Crippen LogP contribution in [0.2, 0.25) is 0 Å². The van der Waals surface area contributed by atoms with Crippen molar-refractivity contribution in [1.29, 1.82) is 0 Å². The van der Waals surface area contributed by atoms with E-state index in [1.54, 1.807) is 18.9 Å². The number of hydrogen-bond acceptors (Lipinski definition) is 4. The number of nitrogens with zero attached hydrogens (tertiary/aromatic N) is 2. The molecule has 1 aromatic carbocycles. The van der Waals surface area contributed by atoms with E-state index in [0.717, 1.165) is 11.3 Å². The fraction of sp³-hybridized carbons (Fsp3) is 0.333. The van der Waals surface area contributed by atoms with Crippen LogP contribution in [0.5, 0.6) is 5.75 Å². The summed E-state index contributed by atoms with van der Waals surface area (Å²) in [7, 11) is 1.70. The van der Waals surface area contributed by atoms with E-state index in [4.69, 9.17) is 10.5 Å². The summed E-state index contributed by atoms with van der Waals surface area (Å²) in [5.74, 6) is 0.579. The van der Waals surface area contributed by atoms with Crippen molar-refractivity contribution in [2.75, 3.05) is 25.9 Å². The SMILES string of the molecule is Cc1cccc(OCCN(C)C(=O)c2n[nH]c(C)c2N)c1. The molecule has 0 saturated carbocycles. The lowest BCUT2D eigenvalue weighted by atomic mass is 10.2. The molecule has 0 aliphatic rings. The van der Waals surface area contributed by atoms with Crippen LogP contribution in [-0.2, 0) is 0 Å². The van der Waals surface area contributed by atoms with Crippen LogP contribution < -0.4 is 10.5 Å². The Labute approximate surface area is 123 Å².